The average molecular weight is 480 g/mol. The number of sulfonamides is 1. The number of aliphatic hydroxyl groups is 1. The van der Waals surface area contributed by atoms with Gasteiger partial charge in [0.15, 0.2) is 0 Å². The molecule has 4 aromatic rings. The van der Waals surface area contributed by atoms with Crippen LogP contribution in [0.15, 0.2) is 90.1 Å². The van der Waals surface area contributed by atoms with Gasteiger partial charge in [0.25, 0.3) is 0 Å². The van der Waals surface area contributed by atoms with E-state index in [0.717, 1.165) is 16.5 Å². The maximum Gasteiger partial charge on any atom is 0.241 e. The minimum absolute atomic E-state index is 0.192. The predicted octanol–water partition coefficient (Wildman–Crippen LogP) is 4.03. The zero-order valence-corrected chi connectivity index (χ0v) is 19.3. The van der Waals surface area contributed by atoms with Crippen molar-refractivity contribution in [2.75, 3.05) is 19.6 Å². The Morgan fingerprint density at radius 3 is 2.44 bits per heavy atom. The van der Waals surface area contributed by atoms with Crippen molar-refractivity contribution >= 4 is 20.8 Å². The fraction of sp³-hybridized carbons (Fsp3) is 0.192. The Kier molecular flexibility index (Phi) is 7.64. The second kappa shape index (κ2) is 10.8. The third-order valence-electron chi connectivity index (χ3n) is 5.55. The molecule has 6 nitrogen and oxygen atoms in total. The smallest absolute Gasteiger partial charge is 0.241 e. The molecule has 1 unspecified atom stereocenters. The Balaban J connectivity index is 1.38. The van der Waals surface area contributed by atoms with E-state index in [0.29, 0.717) is 30.5 Å². The van der Waals surface area contributed by atoms with E-state index in [2.05, 4.69) is 15.0 Å². The van der Waals surface area contributed by atoms with Crippen molar-refractivity contribution in [1.82, 2.24) is 15.0 Å². The Hall–Kier alpha value is -3.17. The SMILES string of the molecule is O=S(=O)(NCCNCCC(O)c1ccc(F)cc1)c1cc(-c2ccccc2)cc2cnccc12. The Morgan fingerprint density at radius 2 is 1.68 bits per heavy atom. The summed E-state index contributed by atoms with van der Waals surface area (Å²) in [4.78, 5) is 4.35. The van der Waals surface area contributed by atoms with Crippen molar-refractivity contribution in [3.8, 4) is 11.1 Å². The summed E-state index contributed by atoms with van der Waals surface area (Å²) in [5.74, 6) is -0.347. The summed E-state index contributed by atoms with van der Waals surface area (Å²) in [7, 11) is -3.77. The van der Waals surface area contributed by atoms with Crippen LogP contribution in [0.5, 0.6) is 0 Å². The van der Waals surface area contributed by atoms with Gasteiger partial charge in [0.2, 0.25) is 10.0 Å². The van der Waals surface area contributed by atoms with Gasteiger partial charge in [-0.1, -0.05) is 42.5 Å². The van der Waals surface area contributed by atoms with Gasteiger partial charge in [-0.3, -0.25) is 4.98 Å². The Bertz CT molecular complexity index is 1350. The van der Waals surface area contributed by atoms with Gasteiger partial charge in [-0.25, -0.2) is 17.5 Å². The van der Waals surface area contributed by atoms with Crippen molar-refractivity contribution in [3.63, 3.8) is 0 Å². The van der Waals surface area contributed by atoms with Crippen molar-refractivity contribution in [2.45, 2.75) is 17.4 Å². The van der Waals surface area contributed by atoms with Crippen LogP contribution in [-0.2, 0) is 10.0 Å². The molecule has 0 fully saturated rings. The minimum atomic E-state index is -3.77. The van der Waals surface area contributed by atoms with E-state index < -0.39 is 16.1 Å². The molecule has 3 N–H and O–H groups in total. The summed E-state index contributed by atoms with van der Waals surface area (Å²) < 4.78 is 42.0. The minimum Gasteiger partial charge on any atom is -0.388 e. The van der Waals surface area contributed by atoms with Crippen LogP contribution in [-0.4, -0.2) is 38.1 Å². The molecule has 0 saturated carbocycles. The number of nitrogens with one attached hydrogen (secondary N) is 2. The molecule has 0 saturated heterocycles. The zero-order valence-electron chi connectivity index (χ0n) is 18.5. The van der Waals surface area contributed by atoms with Gasteiger partial charge < -0.3 is 10.4 Å². The average Bonchev–Trinajstić information content (AvgIpc) is 2.86. The van der Waals surface area contributed by atoms with Crippen LogP contribution in [0.2, 0.25) is 0 Å². The van der Waals surface area contributed by atoms with E-state index >= 15 is 0 Å². The van der Waals surface area contributed by atoms with E-state index in [-0.39, 0.29) is 17.3 Å². The van der Waals surface area contributed by atoms with Crippen LogP contribution in [0.25, 0.3) is 21.9 Å². The number of fused-ring (bicyclic) bond motifs is 1. The summed E-state index contributed by atoms with van der Waals surface area (Å²) >= 11 is 0. The van der Waals surface area contributed by atoms with Crippen molar-refractivity contribution in [1.29, 1.82) is 0 Å². The van der Waals surface area contributed by atoms with Crippen molar-refractivity contribution < 1.29 is 17.9 Å². The lowest BCUT2D eigenvalue weighted by Crippen LogP contribution is -2.32. The summed E-state index contributed by atoms with van der Waals surface area (Å²) in [6.45, 7) is 1.07. The number of hydrogen-bond acceptors (Lipinski definition) is 5. The molecule has 34 heavy (non-hydrogen) atoms. The second-order valence-corrected chi connectivity index (χ2v) is 9.68. The first kappa shape index (κ1) is 24.0. The third-order valence-corrected chi connectivity index (χ3v) is 7.06. The lowest BCUT2D eigenvalue weighted by atomic mass is 10.0. The van der Waals surface area contributed by atoms with Gasteiger partial charge in [-0.15, -0.1) is 0 Å². The summed E-state index contributed by atoms with van der Waals surface area (Å²) in [5.41, 5.74) is 2.36. The Morgan fingerprint density at radius 1 is 0.912 bits per heavy atom. The topological polar surface area (TPSA) is 91.3 Å². The van der Waals surface area contributed by atoms with Gasteiger partial charge in [0, 0.05) is 36.3 Å². The second-order valence-electron chi connectivity index (χ2n) is 7.94. The van der Waals surface area contributed by atoms with Crippen LogP contribution in [0.4, 0.5) is 4.39 Å². The first-order valence-electron chi connectivity index (χ1n) is 11.0. The largest absolute Gasteiger partial charge is 0.388 e. The van der Waals surface area contributed by atoms with Gasteiger partial charge in [-0.2, -0.15) is 0 Å². The number of hydrogen-bond donors (Lipinski definition) is 3. The standard InChI is InChI=1S/C26H26FN3O3S/c27-23-8-6-20(7-9-23)25(31)11-13-28-14-15-30-34(32,33)26-17-21(19-4-2-1-3-5-19)16-22-18-29-12-10-24(22)26/h1-10,12,16-18,25,28,30-31H,11,13-15H2. The molecule has 1 atom stereocenters. The highest BCUT2D eigenvalue weighted by Gasteiger charge is 2.19. The number of nitrogens with zero attached hydrogens (tertiary/aromatic N) is 1. The fourth-order valence-electron chi connectivity index (χ4n) is 3.76. The molecule has 0 bridgehead atoms. The van der Waals surface area contributed by atoms with Crippen LogP contribution < -0.4 is 10.0 Å². The molecular formula is C26H26FN3O3S. The molecule has 0 aliphatic carbocycles. The van der Waals surface area contributed by atoms with Crippen LogP contribution in [0, 0.1) is 5.82 Å². The van der Waals surface area contributed by atoms with E-state index in [1.165, 1.54) is 12.1 Å². The first-order valence-corrected chi connectivity index (χ1v) is 12.5. The maximum absolute atomic E-state index is 13.2. The summed E-state index contributed by atoms with van der Waals surface area (Å²) in [6, 6.07) is 20.7. The van der Waals surface area contributed by atoms with Gasteiger partial charge in [-0.05, 0) is 60.0 Å². The van der Waals surface area contributed by atoms with Crippen LogP contribution in [0.3, 0.4) is 0 Å². The highest BCUT2D eigenvalue weighted by molar-refractivity contribution is 7.89. The number of aromatic nitrogens is 1. The lowest BCUT2D eigenvalue weighted by Gasteiger charge is -2.14. The molecular weight excluding hydrogens is 453 g/mol. The Labute approximate surface area is 198 Å². The molecule has 0 amide bonds. The van der Waals surface area contributed by atoms with E-state index in [4.69, 9.17) is 0 Å². The molecule has 0 radical (unpaired) electrons. The molecule has 0 aliphatic heterocycles. The zero-order chi connectivity index (χ0) is 24.0. The maximum atomic E-state index is 13.2. The molecule has 1 heterocycles. The molecule has 4 rings (SSSR count). The molecule has 8 heteroatoms. The van der Waals surface area contributed by atoms with Crippen molar-refractivity contribution in [2.24, 2.45) is 0 Å². The van der Waals surface area contributed by atoms with Crippen LogP contribution >= 0.6 is 0 Å². The monoisotopic (exact) mass is 479 g/mol. The van der Waals surface area contributed by atoms with Crippen molar-refractivity contribution in [3.05, 3.63) is 96.6 Å². The lowest BCUT2D eigenvalue weighted by molar-refractivity contribution is 0.167. The van der Waals surface area contributed by atoms with Crippen LogP contribution in [0.1, 0.15) is 18.1 Å². The number of pyridine rings is 1. The van der Waals surface area contributed by atoms with E-state index in [1.54, 1.807) is 36.7 Å². The van der Waals surface area contributed by atoms with E-state index in [1.807, 2.05) is 36.4 Å². The molecule has 176 valence electrons. The van der Waals surface area contributed by atoms with Gasteiger partial charge in [0.05, 0.1) is 11.0 Å². The predicted molar refractivity (Wildman–Crippen MR) is 131 cm³/mol. The number of rotatable bonds is 10. The molecule has 0 spiro atoms. The summed E-state index contributed by atoms with van der Waals surface area (Å²) in [6.07, 6.45) is 2.95. The van der Waals surface area contributed by atoms with Gasteiger partial charge >= 0.3 is 0 Å². The number of aliphatic hydroxyl groups excluding tert-OH is 1. The molecule has 3 aromatic carbocycles. The fourth-order valence-corrected chi connectivity index (χ4v) is 5.04. The number of halogens is 1. The quantitative estimate of drug-likeness (QED) is 0.299. The third kappa shape index (κ3) is 5.84. The summed E-state index contributed by atoms with van der Waals surface area (Å²) in [5, 5.41) is 14.7. The normalized spacial score (nSPS) is 12.6. The highest BCUT2D eigenvalue weighted by Crippen LogP contribution is 2.30. The highest BCUT2D eigenvalue weighted by atomic mass is 32.2. The molecule has 1 aromatic heterocycles. The number of benzene rings is 3. The molecule has 0 aliphatic rings. The first-order chi connectivity index (χ1) is 16.4. The van der Waals surface area contributed by atoms with E-state index in [9.17, 15) is 17.9 Å². The van der Waals surface area contributed by atoms with Gasteiger partial charge in [0.1, 0.15) is 5.82 Å².